The van der Waals surface area contributed by atoms with Crippen molar-refractivity contribution < 1.29 is 30.2 Å². The topological polar surface area (TPSA) is 46.7 Å². The molecule has 1 aliphatic heterocycles. The number of aryl methyl sites for hydroxylation is 3. The van der Waals surface area contributed by atoms with Crippen molar-refractivity contribution in [3.63, 3.8) is 0 Å². The molecule has 0 saturated heterocycles. The fourth-order valence-corrected chi connectivity index (χ4v) is 9.91. The summed E-state index contributed by atoms with van der Waals surface area (Å²) in [4.78, 5) is 9.31. The Morgan fingerprint density at radius 1 is 0.695 bits per heavy atom. The van der Waals surface area contributed by atoms with Gasteiger partial charge in [-0.3, -0.25) is 0 Å². The third-order valence-corrected chi connectivity index (χ3v) is 12.5. The average Bonchev–Trinajstić information content (AvgIpc) is 3.96. The molecule has 0 amide bonds. The first-order valence-corrected chi connectivity index (χ1v) is 20.4. The molecular formula is C51H39N4O2PtS-3. The fourth-order valence-electron chi connectivity index (χ4n) is 8.80. The molecule has 6 nitrogen and oxygen atoms in total. The summed E-state index contributed by atoms with van der Waals surface area (Å²) in [6.45, 7) is 15.3. The zero-order chi connectivity index (χ0) is 39.4. The number of fused-ring (bicyclic) bond motifs is 10. The van der Waals surface area contributed by atoms with E-state index in [0.29, 0.717) is 11.5 Å². The summed E-state index contributed by atoms with van der Waals surface area (Å²) in [7, 11) is 0. The van der Waals surface area contributed by atoms with Crippen LogP contribution in [0.5, 0.6) is 11.5 Å². The Balaban J connectivity index is 0.00000420. The molecule has 6 aromatic carbocycles. The normalized spacial score (nSPS) is 13.0. The van der Waals surface area contributed by atoms with Crippen LogP contribution in [-0.4, -0.2) is 9.55 Å². The standard InChI is InChI=1S/C51H39N4O2S.Pt/c1-30-24-31(2)47(32(3)25-30)54-29-53(49-39-14-7-9-16-42(39)57-50(49)54)34-12-11-13-35(27-34)56-36-18-19-37-38-20-21-44-46(40-15-8-10-17-43(40)58-44)48(38)55(41(37)28-36)45-26-33(22-23-52-45)51(4,5)6;/h7-26,29H,1-6H3;/q-3;. The van der Waals surface area contributed by atoms with Gasteiger partial charge < -0.3 is 23.5 Å². The molecule has 0 saturated carbocycles. The van der Waals surface area contributed by atoms with E-state index < -0.39 is 0 Å². The molecule has 5 heterocycles. The third-order valence-electron chi connectivity index (χ3n) is 11.3. The monoisotopic (exact) mass is 966 g/mol. The number of pyridine rings is 1. The van der Waals surface area contributed by atoms with E-state index in [1.165, 1.54) is 42.4 Å². The van der Waals surface area contributed by atoms with E-state index in [4.69, 9.17) is 14.1 Å². The van der Waals surface area contributed by atoms with Crippen molar-refractivity contribution in [1.82, 2.24) is 9.55 Å². The van der Waals surface area contributed by atoms with E-state index in [9.17, 15) is 0 Å². The Bertz CT molecular complexity index is 3270. The molecule has 0 radical (unpaired) electrons. The Morgan fingerprint density at radius 3 is 2.25 bits per heavy atom. The quantitative estimate of drug-likeness (QED) is 0.161. The summed E-state index contributed by atoms with van der Waals surface area (Å²) in [6.07, 6.45) is 1.92. The largest absolute Gasteiger partial charge is 0.509 e. The van der Waals surface area contributed by atoms with Gasteiger partial charge in [0.1, 0.15) is 11.4 Å². The van der Waals surface area contributed by atoms with Crippen molar-refractivity contribution in [2.45, 2.75) is 47.0 Å². The van der Waals surface area contributed by atoms with Crippen LogP contribution in [0.1, 0.15) is 43.0 Å². The molecule has 0 fully saturated rings. The van der Waals surface area contributed by atoms with Crippen molar-refractivity contribution in [3.05, 3.63) is 163 Å². The van der Waals surface area contributed by atoms with E-state index in [-0.39, 0.29) is 26.5 Å². The molecule has 10 aromatic rings. The number of rotatable bonds is 5. The number of furan rings is 1. The van der Waals surface area contributed by atoms with Crippen LogP contribution < -0.4 is 14.5 Å². The van der Waals surface area contributed by atoms with Crippen LogP contribution in [0.3, 0.4) is 0 Å². The Hall–Kier alpha value is -5.88. The first kappa shape index (κ1) is 37.4. The molecule has 4 aromatic heterocycles. The number of hydrogen-bond acceptors (Lipinski definition) is 6. The summed E-state index contributed by atoms with van der Waals surface area (Å²) < 4.78 is 18.1. The average molecular weight is 967 g/mol. The summed E-state index contributed by atoms with van der Waals surface area (Å²) in [5.74, 6) is 2.81. The second-order valence-corrected chi connectivity index (χ2v) is 17.4. The molecule has 294 valence electrons. The Morgan fingerprint density at radius 2 is 1.44 bits per heavy atom. The molecule has 0 spiro atoms. The number of anilines is 4. The van der Waals surface area contributed by atoms with Gasteiger partial charge in [-0.15, -0.1) is 59.4 Å². The van der Waals surface area contributed by atoms with Crippen molar-refractivity contribution in [3.8, 4) is 17.3 Å². The van der Waals surface area contributed by atoms with Crippen molar-refractivity contribution in [2.75, 3.05) is 9.80 Å². The number of para-hydroxylation sites is 1. The Labute approximate surface area is 361 Å². The van der Waals surface area contributed by atoms with Crippen LogP contribution in [0.2, 0.25) is 0 Å². The third kappa shape index (κ3) is 5.97. The first-order chi connectivity index (χ1) is 28.1. The van der Waals surface area contributed by atoms with E-state index >= 15 is 0 Å². The summed E-state index contributed by atoms with van der Waals surface area (Å²) in [6, 6.07) is 47.6. The zero-order valence-corrected chi connectivity index (χ0v) is 36.5. The maximum Gasteiger partial charge on any atom is 0.194 e. The van der Waals surface area contributed by atoms with Crippen molar-refractivity contribution in [2.24, 2.45) is 0 Å². The van der Waals surface area contributed by atoms with Crippen LogP contribution in [0.4, 0.5) is 22.9 Å². The van der Waals surface area contributed by atoms with Crippen LogP contribution >= 0.6 is 11.3 Å². The molecule has 0 N–H and O–H groups in total. The second-order valence-electron chi connectivity index (χ2n) is 16.4. The molecule has 0 bridgehead atoms. The summed E-state index contributed by atoms with van der Waals surface area (Å²) in [5, 5.41) is 5.74. The SMILES string of the molecule is Cc1cc(C)c(N2[CH-]N(c3[c-]c(Oc4[c-]c5c(cc4)c4ccc6sc7ccccc7c6c4n5-c4cc(C(C)(C)C)ccn4)ccc3)c3c2oc2ccccc32)c(C)c1.[Pt]. The summed E-state index contributed by atoms with van der Waals surface area (Å²) in [5.41, 5.74) is 10.5. The maximum atomic E-state index is 6.69. The van der Waals surface area contributed by atoms with E-state index in [1.807, 2.05) is 47.9 Å². The van der Waals surface area contributed by atoms with Crippen LogP contribution in [-0.2, 0) is 26.5 Å². The summed E-state index contributed by atoms with van der Waals surface area (Å²) >= 11 is 1.82. The van der Waals surface area contributed by atoms with Gasteiger partial charge in [-0.25, -0.2) is 4.98 Å². The van der Waals surface area contributed by atoms with Gasteiger partial charge in [-0.2, -0.15) is 12.1 Å². The predicted octanol–water partition coefficient (Wildman–Crippen LogP) is 14.3. The molecule has 0 unspecified atom stereocenters. The van der Waals surface area contributed by atoms with Crippen LogP contribution in [0.25, 0.3) is 58.8 Å². The van der Waals surface area contributed by atoms with Gasteiger partial charge in [0.2, 0.25) is 0 Å². The number of thiophene rings is 1. The number of benzene rings is 6. The van der Waals surface area contributed by atoms with Crippen molar-refractivity contribution in [1.29, 1.82) is 0 Å². The van der Waals surface area contributed by atoms with Crippen molar-refractivity contribution >= 4 is 87.2 Å². The molecule has 0 atom stereocenters. The Kier molecular flexibility index (Phi) is 8.79. The first-order valence-electron chi connectivity index (χ1n) is 19.6. The molecule has 8 heteroatoms. The smallest absolute Gasteiger partial charge is 0.194 e. The maximum absolute atomic E-state index is 6.69. The minimum atomic E-state index is -0.0508. The molecule has 59 heavy (non-hydrogen) atoms. The van der Waals surface area contributed by atoms with Crippen LogP contribution in [0, 0.1) is 39.6 Å². The van der Waals surface area contributed by atoms with Crippen LogP contribution in [0.15, 0.2) is 126 Å². The molecule has 0 aliphatic carbocycles. The minimum absolute atomic E-state index is 0. The van der Waals surface area contributed by atoms with Gasteiger partial charge in [0, 0.05) is 70.0 Å². The number of hydrogen-bond donors (Lipinski definition) is 0. The number of aromatic nitrogens is 2. The second kappa shape index (κ2) is 13.9. The van der Waals surface area contributed by atoms with E-state index in [1.54, 1.807) is 0 Å². The fraction of sp³-hybridized carbons (Fsp3) is 0.137. The van der Waals surface area contributed by atoms with Gasteiger partial charge in [0.15, 0.2) is 5.88 Å². The van der Waals surface area contributed by atoms with Gasteiger partial charge in [0.25, 0.3) is 0 Å². The molecule has 1 aliphatic rings. The molecular weight excluding hydrogens is 928 g/mol. The number of nitrogens with zero attached hydrogens (tertiary/aromatic N) is 4. The van der Waals surface area contributed by atoms with E-state index in [0.717, 1.165) is 61.5 Å². The van der Waals surface area contributed by atoms with E-state index in [2.05, 4.69) is 160 Å². The zero-order valence-electron chi connectivity index (χ0n) is 33.5. The molecule has 11 rings (SSSR count). The van der Waals surface area contributed by atoms with Gasteiger partial charge >= 0.3 is 0 Å². The minimum Gasteiger partial charge on any atom is -0.509 e. The van der Waals surface area contributed by atoms with Gasteiger partial charge in [-0.1, -0.05) is 80.4 Å². The van der Waals surface area contributed by atoms with Gasteiger partial charge in [0.05, 0.1) is 11.2 Å². The van der Waals surface area contributed by atoms with Gasteiger partial charge in [-0.05, 0) is 84.7 Å². The predicted molar refractivity (Wildman–Crippen MR) is 240 cm³/mol. The number of ether oxygens (including phenoxy) is 1.